The predicted molar refractivity (Wildman–Crippen MR) is 95.6 cm³/mol. The van der Waals surface area contributed by atoms with Crippen molar-refractivity contribution in [1.29, 1.82) is 0 Å². The topological polar surface area (TPSA) is 35.5 Å². The molecule has 0 atom stereocenters. The van der Waals surface area contributed by atoms with Gasteiger partial charge < -0.3 is 9.47 Å². The van der Waals surface area contributed by atoms with Crippen LogP contribution in [0, 0.1) is 0 Å². The Morgan fingerprint density at radius 1 is 0.739 bits per heavy atom. The van der Waals surface area contributed by atoms with Crippen molar-refractivity contribution >= 4 is 5.78 Å². The third-order valence-corrected chi connectivity index (χ3v) is 3.06. The second-order valence-corrected chi connectivity index (χ2v) is 4.09. The maximum absolute atomic E-state index is 12.7. The predicted octanol–water partition coefficient (Wildman–Crippen LogP) is 5.07. The Labute approximate surface area is 140 Å². The number of ether oxygens (including phenoxy) is 2. The molecule has 0 amide bonds. The van der Waals surface area contributed by atoms with Crippen LogP contribution in [0.3, 0.4) is 0 Å². The van der Waals surface area contributed by atoms with Gasteiger partial charge in [0.1, 0.15) is 0 Å². The third-order valence-electron chi connectivity index (χ3n) is 3.06. The van der Waals surface area contributed by atoms with Gasteiger partial charge in [-0.05, 0) is 0 Å². The molecule has 0 saturated carbocycles. The smallest absolute Gasteiger partial charge is 0.260 e. The first-order chi connectivity index (χ1) is 11.2. The fraction of sp³-hybridized carbons (Fsp3) is 0.350. The minimum atomic E-state index is -1.40. The van der Waals surface area contributed by atoms with E-state index in [2.05, 4.69) is 0 Å². The molecule has 0 N–H and O–H groups in total. The van der Waals surface area contributed by atoms with Gasteiger partial charge in [0.2, 0.25) is 5.78 Å². The number of hydrogen-bond acceptors (Lipinski definition) is 3. The van der Waals surface area contributed by atoms with E-state index in [0.717, 1.165) is 0 Å². The molecular weight excluding hydrogens is 288 g/mol. The third kappa shape index (κ3) is 5.02. The van der Waals surface area contributed by atoms with E-state index in [1.165, 1.54) is 14.2 Å². The van der Waals surface area contributed by atoms with E-state index < -0.39 is 5.79 Å². The summed E-state index contributed by atoms with van der Waals surface area (Å²) < 4.78 is 10.8. The largest absolute Gasteiger partial charge is 0.343 e. The van der Waals surface area contributed by atoms with Crippen LogP contribution in [0.1, 0.15) is 43.6 Å². The van der Waals surface area contributed by atoms with Crippen LogP contribution in [0.2, 0.25) is 0 Å². The van der Waals surface area contributed by atoms with Gasteiger partial charge in [0, 0.05) is 25.3 Å². The lowest BCUT2D eigenvalue weighted by atomic mass is 9.96. The molecule has 0 aliphatic rings. The molecule has 3 nitrogen and oxygen atoms in total. The highest BCUT2D eigenvalue weighted by Gasteiger charge is 2.41. The Balaban J connectivity index is 0.00000112. The van der Waals surface area contributed by atoms with Crippen molar-refractivity contribution in [3.63, 3.8) is 0 Å². The average Bonchev–Trinajstić information content (AvgIpc) is 2.68. The highest BCUT2D eigenvalue weighted by Crippen LogP contribution is 2.30. The molecule has 2 rings (SSSR count). The Morgan fingerprint density at radius 2 is 1.13 bits per heavy atom. The van der Waals surface area contributed by atoms with Crippen LogP contribution in [-0.4, -0.2) is 20.0 Å². The van der Waals surface area contributed by atoms with Crippen molar-refractivity contribution in [3.8, 4) is 0 Å². The summed E-state index contributed by atoms with van der Waals surface area (Å²) in [6.45, 7) is 8.00. The van der Waals surface area contributed by atoms with E-state index in [1.807, 2.05) is 76.2 Å². The SMILES string of the molecule is CC.CC.COC(OC)(C(=O)c1ccccc1)c1ccccc1. The monoisotopic (exact) mass is 316 g/mol. The lowest BCUT2D eigenvalue weighted by Crippen LogP contribution is -2.39. The van der Waals surface area contributed by atoms with Gasteiger partial charge in [0.15, 0.2) is 0 Å². The molecule has 0 saturated heterocycles. The summed E-state index contributed by atoms with van der Waals surface area (Å²) in [5.74, 6) is -1.62. The number of Topliss-reactive ketones (excluding diaryl/α,β-unsaturated/α-hetero) is 1. The summed E-state index contributed by atoms with van der Waals surface area (Å²) >= 11 is 0. The van der Waals surface area contributed by atoms with Gasteiger partial charge in [-0.2, -0.15) is 0 Å². The van der Waals surface area contributed by atoms with E-state index in [9.17, 15) is 4.79 Å². The van der Waals surface area contributed by atoms with Crippen LogP contribution in [-0.2, 0) is 15.3 Å². The van der Waals surface area contributed by atoms with E-state index in [4.69, 9.17) is 9.47 Å². The summed E-state index contributed by atoms with van der Waals surface area (Å²) in [6, 6.07) is 18.2. The first-order valence-electron chi connectivity index (χ1n) is 8.00. The Kier molecular flexibility index (Phi) is 10.6. The van der Waals surface area contributed by atoms with Crippen molar-refractivity contribution < 1.29 is 14.3 Å². The van der Waals surface area contributed by atoms with E-state index in [0.29, 0.717) is 11.1 Å². The van der Waals surface area contributed by atoms with Gasteiger partial charge in [0.25, 0.3) is 5.79 Å². The van der Waals surface area contributed by atoms with Crippen molar-refractivity contribution in [3.05, 3.63) is 71.8 Å². The number of carbonyl (C=O) groups is 1. The molecule has 0 bridgehead atoms. The zero-order valence-electron chi connectivity index (χ0n) is 15.0. The average molecular weight is 316 g/mol. The lowest BCUT2D eigenvalue weighted by molar-refractivity contribution is -0.176. The zero-order valence-corrected chi connectivity index (χ0v) is 15.0. The zero-order chi connectivity index (χ0) is 17.7. The van der Waals surface area contributed by atoms with Crippen LogP contribution < -0.4 is 0 Å². The second-order valence-electron chi connectivity index (χ2n) is 4.09. The molecule has 23 heavy (non-hydrogen) atoms. The van der Waals surface area contributed by atoms with E-state index in [-0.39, 0.29) is 5.78 Å². The maximum Gasteiger partial charge on any atom is 0.260 e. The molecule has 0 spiro atoms. The minimum Gasteiger partial charge on any atom is -0.343 e. The quantitative estimate of drug-likeness (QED) is 0.571. The first-order valence-corrected chi connectivity index (χ1v) is 8.00. The van der Waals surface area contributed by atoms with Crippen LogP contribution in [0.15, 0.2) is 60.7 Å². The van der Waals surface area contributed by atoms with Gasteiger partial charge >= 0.3 is 0 Å². The summed E-state index contributed by atoms with van der Waals surface area (Å²) in [7, 11) is 2.94. The minimum absolute atomic E-state index is 0.218. The van der Waals surface area contributed by atoms with Crippen molar-refractivity contribution in [2.24, 2.45) is 0 Å². The second kappa shape index (κ2) is 11.6. The van der Waals surface area contributed by atoms with Crippen LogP contribution in [0.5, 0.6) is 0 Å². The van der Waals surface area contributed by atoms with Crippen LogP contribution in [0.25, 0.3) is 0 Å². The molecule has 0 aromatic heterocycles. The molecular formula is C20H28O3. The summed E-state index contributed by atoms with van der Waals surface area (Å²) in [4.78, 5) is 12.7. The standard InChI is InChI=1S/C16H16O3.2C2H6/c1-18-16(19-2,14-11-7-4-8-12-14)15(17)13-9-5-3-6-10-13;2*1-2/h3-12H,1-2H3;2*1-2H3. The molecule has 0 aliphatic heterocycles. The van der Waals surface area contributed by atoms with Crippen molar-refractivity contribution in [2.45, 2.75) is 33.5 Å². The number of benzene rings is 2. The fourth-order valence-corrected chi connectivity index (χ4v) is 2.07. The Morgan fingerprint density at radius 3 is 1.52 bits per heavy atom. The number of hydrogen-bond donors (Lipinski definition) is 0. The molecule has 126 valence electrons. The molecule has 3 heteroatoms. The normalized spacial score (nSPS) is 9.83. The molecule has 0 fully saturated rings. The number of methoxy groups -OCH3 is 2. The maximum atomic E-state index is 12.7. The van der Waals surface area contributed by atoms with E-state index in [1.54, 1.807) is 12.1 Å². The summed E-state index contributed by atoms with van der Waals surface area (Å²) in [6.07, 6.45) is 0. The first kappa shape index (κ1) is 21.0. The number of ketones is 1. The van der Waals surface area contributed by atoms with E-state index >= 15 is 0 Å². The fourth-order valence-electron chi connectivity index (χ4n) is 2.07. The number of carbonyl (C=O) groups excluding carboxylic acids is 1. The van der Waals surface area contributed by atoms with Gasteiger partial charge in [-0.3, -0.25) is 4.79 Å². The van der Waals surface area contributed by atoms with Gasteiger partial charge in [0.05, 0.1) is 0 Å². The molecule has 0 unspecified atom stereocenters. The molecule has 0 aliphatic carbocycles. The summed E-state index contributed by atoms with van der Waals surface area (Å²) in [5, 5.41) is 0. The number of rotatable bonds is 5. The molecule has 2 aromatic rings. The van der Waals surface area contributed by atoms with Crippen LogP contribution >= 0.6 is 0 Å². The lowest BCUT2D eigenvalue weighted by Gasteiger charge is -2.29. The Bertz CT molecular complexity index is 531. The van der Waals surface area contributed by atoms with Gasteiger partial charge in [-0.15, -0.1) is 0 Å². The highest BCUT2D eigenvalue weighted by molar-refractivity contribution is 6.02. The molecule has 2 aromatic carbocycles. The van der Waals surface area contributed by atoms with Crippen molar-refractivity contribution in [2.75, 3.05) is 14.2 Å². The molecule has 0 heterocycles. The molecule has 0 radical (unpaired) electrons. The Hall–Kier alpha value is -1.97. The van der Waals surface area contributed by atoms with Gasteiger partial charge in [-0.1, -0.05) is 88.4 Å². The highest BCUT2D eigenvalue weighted by atomic mass is 16.7. The van der Waals surface area contributed by atoms with Crippen LogP contribution in [0.4, 0.5) is 0 Å². The summed E-state index contributed by atoms with van der Waals surface area (Å²) in [5.41, 5.74) is 1.23. The van der Waals surface area contributed by atoms with Gasteiger partial charge in [-0.25, -0.2) is 0 Å². The van der Waals surface area contributed by atoms with Crippen molar-refractivity contribution in [1.82, 2.24) is 0 Å².